The van der Waals surface area contributed by atoms with Gasteiger partial charge in [0, 0.05) is 18.9 Å². The molecule has 1 saturated heterocycles. The summed E-state index contributed by atoms with van der Waals surface area (Å²) in [5.41, 5.74) is 6.27. The third-order valence-electron chi connectivity index (χ3n) is 2.33. The SMILES string of the molecule is NCc1cnc(SCC2CCCO2)cn1. The Morgan fingerprint density at radius 1 is 1.47 bits per heavy atom. The van der Waals surface area contributed by atoms with E-state index in [9.17, 15) is 0 Å². The second kappa shape index (κ2) is 5.44. The second-order valence-electron chi connectivity index (χ2n) is 3.50. The molecule has 1 aliphatic heterocycles. The lowest BCUT2D eigenvalue weighted by Gasteiger charge is -2.07. The van der Waals surface area contributed by atoms with E-state index in [-0.39, 0.29) is 0 Å². The van der Waals surface area contributed by atoms with E-state index in [1.165, 1.54) is 12.8 Å². The molecule has 1 aliphatic rings. The van der Waals surface area contributed by atoms with Gasteiger partial charge in [-0.2, -0.15) is 0 Å². The minimum absolute atomic E-state index is 0.394. The molecule has 4 nitrogen and oxygen atoms in total. The number of hydrogen-bond acceptors (Lipinski definition) is 5. The Labute approximate surface area is 93.6 Å². The van der Waals surface area contributed by atoms with Crippen LogP contribution in [0.1, 0.15) is 18.5 Å². The zero-order chi connectivity index (χ0) is 10.5. The average Bonchev–Trinajstić information content (AvgIpc) is 2.80. The van der Waals surface area contributed by atoms with Crippen LogP contribution >= 0.6 is 11.8 Å². The lowest BCUT2D eigenvalue weighted by atomic mass is 10.3. The highest BCUT2D eigenvalue weighted by molar-refractivity contribution is 7.99. The smallest absolute Gasteiger partial charge is 0.114 e. The van der Waals surface area contributed by atoms with Crippen LogP contribution < -0.4 is 5.73 Å². The van der Waals surface area contributed by atoms with Crippen molar-refractivity contribution >= 4 is 11.8 Å². The van der Waals surface area contributed by atoms with Crippen LogP contribution in [0, 0.1) is 0 Å². The summed E-state index contributed by atoms with van der Waals surface area (Å²) in [6.07, 6.45) is 6.26. The largest absolute Gasteiger partial charge is 0.377 e. The van der Waals surface area contributed by atoms with Crippen molar-refractivity contribution in [3.8, 4) is 0 Å². The van der Waals surface area contributed by atoms with Crippen LogP contribution in [0.25, 0.3) is 0 Å². The molecule has 5 heteroatoms. The highest BCUT2D eigenvalue weighted by atomic mass is 32.2. The van der Waals surface area contributed by atoms with Crippen LogP contribution in [0.15, 0.2) is 17.4 Å². The Morgan fingerprint density at radius 3 is 3.00 bits per heavy atom. The Hall–Kier alpha value is -0.650. The van der Waals surface area contributed by atoms with Crippen LogP contribution in [0.4, 0.5) is 0 Å². The van der Waals surface area contributed by atoms with Gasteiger partial charge in [0.25, 0.3) is 0 Å². The lowest BCUT2D eigenvalue weighted by Crippen LogP contribution is -2.08. The predicted molar refractivity (Wildman–Crippen MR) is 59.6 cm³/mol. The van der Waals surface area contributed by atoms with Crippen molar-refractivity contribution < 1.29 is 4.74 Å². The first kappa shape index (κ1) is 10.9. The summed E-state index contributed by atoms with van der Waals surface area (Å²) in [4.78, 5) is 8.47. The molecule has 1 atom stereocenters. The lowest BCUT2D eigenvalue weighted by molar-refractivity contribution is 0.129. The third kappa shape index (κ3) is 3.15. The van der Waals surface area contributed by atoms with E-state index >= 15 is 0 Å². The summed E-state index contributed by atoms with van der Waals surface area (Å²) in [7, 11) is 0. The zero-order valence-corrected chi connectivity index (χ0v) is 9.37. The highest BCUT2D eigenvalue weighted by Gasteiger charge is 2.15. The molecule has 0 radical (unpaired) electrons. The molecule has 0 aromatic carbocycles. The minimum atomic E-state index is 0.394. The highest BCUT2D eigenvalue weighted by Crippen LogP contribution is 2.21. The maximum absolute atomic E-state index is 5.53. The van der Waals surface area contributed by atoms with E-state index in [4.69, 9.17) is 10.5 Å². The molecule has 0 saturated carbocycles. The molecule has 0 bridgehead atoms. The molecule has 2 heterocycles. The van der Waals surface area contributed by atoms with Crippen LogP contribution in [-0.2, 0) is 11.3 Å². The summed E-state index contributed by atoms with van der Waals surface area (Å²) in [6.45, 7) is 1.35. The summed E-state index contributed by atoms with van der Waals surface area (Å²) in [5.74, 6) is 0.969. The monoisotopic (exact) mass is 225 g/mol. The van der Waals surface area contributed by atoms with Crippen LogP contribution in [-0.4, -0.2) is 28.4 Å². The number of hydrogen-bond donors (Lipinski definition) is 1. The Morgan fingerprint density at radius 2 is 2.40 bits per heavy atom. The fraction of sp³-hybridized carbons (Fsp3) is 0.600. The van der Waals surface area contributed by atoms with Gasteiger partial charge in [-0.1, -0.05) is 0 Å². The molecule has 15 heavy (non-hydrogen) atoms. The standard InChI is InChI=1S/C10H15N3OS/c11-4-8-5-13-10(6-12-8)15-7-9-2-1-3-14-9/h5-6,9H,1-4,7,11H2. The van der Waals surface area contributed by atoms with Crippen molar-refractivity contribution in [3.05, 3.63) is 18.1 Å². The number of aromatic nitrogens is 2. The minimum Gasteiger partial charge on any atom is -0.377 e. The van der Waals surface area contributed by atoms with Crippen molar-refractivity contribution in [2.75, 3.05) is 12.4 Å². The van der Waals surface area contributed by atoms with Gasteiger partial charge in [0.15, 0.2) is 0 Å². The van der Waals surface area contributed by atoms with Gasteiger partial charge < -0.3 is 10.5 Å². The quantitative estimate of drug-likeness (QED) is 0.780. The van der Waals surface area contributed by atoms with Crippen molar-refractivity contribution in [1.29, 1.82) is 0 Å². The molecule has 1 aromatic rings. The zero-order valence-electron chi connectivity index (χ0n) is 8.56. The van der Waals surface area contributed by atoms with Gasteiger partial charge in [0.1, 0.15) is 5.03 Å². The Balaban J connectivity index is 1.82. The fourth-order valence-electron chi connectivity index (χ4n) is 1.48. The van der Waals surface area contributed by atoms with Crippen LogP contribution in [0.3, 0.4) is 0 Å². The maximum Gasteiger partial charge on any atom is 0.114 e. The normalized spacial score (nSPS) is 20.7. The molecular weight excluding hydrogens is 210 g/mol. The van der Waals surface area contributed by atoms with E-state index in [2.05, 4.69) is 9.97 Å². The summed E-state index contributed by atoms with van der Waals surface area (Å²) >= 11 is 1.70. The number of rotatable bonds is 4. The van der Waals surface area contributed by atoms with Gasteiger partial charge in [0.05, 0.1) is 24.2 Å². The van der Waals surface area contributed by atoms with E-state index in [1.807, 2.05) is 0 Å². The molecule has 0 spiro atoms. The van der Waals surface area contributed by atoms with Crippen molar-refractivity contribution in [1.82, 2.24) is 9.97 Å². The van der Waals surface area contributed by atoms with Gasteiger partial charge in [-0.15, -0.1) is 11.8 Å². The molecule has 2 N–H and O–H groups in total. The first-order chi connectivity index (χ1) is 7.38. The maximum atomic E-state index is 5.53. The molecule has 0 amide bonds. The molecule has 2 rings (SSSR count). The molecule has 1 fully saturated rings. The van der Waals surface area contributed by atoms with E-state index in [1.54, 1.807) is 24.2 Å². The Bertz CT molecular complexity index is 298. The van der Waals surface area contributed by atoms with E-state index < -0.39 is 0 Å². The Kier molecular flexibility index (Phi) is 3.94. The number of ether oxygens (including phenoxy) is 1. The van der Waals surface area contributed by atoms with Crippen molar-refractivity contribution in [2.24, 2.45) is 5.73 Å². The molecule has 0 aliphatic carbocycles. The summed E-state index contributed by atoms with van der Waals surface area (Å²) < 4.78 is 5.53. The first-order valence-corrected chi connectivity index (χ1v) is 6.12. The van der Waals surface area contributed by atoms with E-state index in [0.29, 0.717) is 12.6 Å². The topological polar surface area (TPSA) is 61.0 Å². The van der Waals surface area contributed by atoms with Crippen LogP contribution in [0.5, 0.6) is 0 Å². The van der Waals surface area contributed by atoms with Gasteiger partial charge in [-0.05, 0) is 12.8 Å². The van der Waals surface area contributed by atoms with E-state index in [0.717, 1.165) is 23.1 Å². The van der Waals surface area contributed by atoms with Crippen molar-refractivity contribution in [3.63, 3.8) is 0 Å². The van der Waals surface area contributed by atoms with Crippen LogP contribution in [0.2, 0.25) is 0 Å². The second-order valence-corrected chi connectivity index (χ2v) is 4.54. The van der Waals surface area contributed by atoms with Gasteiger partial charge >= 0.3 is 0 Å². The molecular formula is C10H15N3OS. The van der Waals surface area contributed by atoms with Crippen molar-refractivity contribution in [2.45, 2.75) is 30.5 Å². The fourth-order valence-corrected chi connectivity index (χ4v) is 2.35. The molecule has 82 valence electrons. The molecule has 1 aromatic heterocycles. The predicted octanol–water partition coefficient (Wildman–Crippen LogP) is 1.21. The number of nitrogens with zero attached hydrogens (tertiary/aromatic N) is 2. The summed E-state index contributed by atoms with van der Waals surface area (Å²) in [5, 5.41) is 0.947. The molecule has 1 unspecified atom stereocenters. The van der Waals surface area contributed by atoms with Gasteiger partial charge in [0.2, 0.25) is 0 Å². The number of nitrogens with two attached hydrogens (primary N) is 1. The van der Waals surface area contributed by atoms with Gasteiger partial charge in [-0.3, -0.25) is 4.98 Å². The average molecular weight is 225 g/mol. The summed E-state index contributed by atoms with van der Waals surface area (Å²) in [6, 6.07) is 0. The van der Waals surface area contributed by atoms with Gasteiger partial charge in [-0.25, -0.2) is 4.98 Å². The number of thioether (sulfide) groups is 1. The first-order valence-electron chi connectivity index (χ1n) is 5.14. The third-order valence-corrected chi connectivity index (χ3v) is 3.38.